The lowest BCUT2D eigenvalue weighted by Crippen LogP contribution is -2.31. The first kappa shape index (κ1) is 22.7. The standard InChI is InChI=1S/C25H23FN4O2S/c1-16-8-13-22(27-14-16)30-24(32)20-6-4-5-7-21(20)28-25(30)33-15-23(31)29(3)17(2)18-9-11-19(26)12-10-18/h4-14,17H,15H2,1-3H3. The maximum Gasteiger partial charge on any atom is 0.267 e. The van der Waals surface area contributed by atoms with Gasteiger partial charge in [-0.1, -0.05) is 42.1 Å². The SMILES string of the molecule is Cc1ccc(-n2c(SCC(=O)N(C)C(C)c3ccc(F)cc3)nc3ccccc3c2=O)nc1. The minimum absolute atomic E-state index is 0.0820. The van der Waals surface area contributed by atoms with E-state index in [2.05, 4.69) is 9.97 Å². The Morgan fingerprint density at radius 2 is 1.85 bits per heavy atom. The molecule has 1 unspecified atom stereocenters. The van der Waals surface area contributed by atoms with E-state index in [9.17, 15) is 14.0 Å². The van der Waals surface area contributed by atoms with Crippen LogP contribution in [-0.2, 0) is 4.79 Å². The second kappa shape index (κ2) is 9.54. The second-order valence-corrected chi connectivity index (χ2v) is 8.71. The van der Waals surface area contributed by atoms with E-state index >= 15 is 0 Å². The maximum atomic E-state index is 13.3. The summed E-state index contributed by atoms with van der Waals surface area (Å²) in [6.07, 6.45) is 1.69. The van der Waals surface area contributed by atoms with Crippen LogP contribution in [0.1, 0.15) is 24.1 Å². The molecular formula is C25H23FN4O2S. The first-order chi connectivity index (χ1) is 15.8. The Bertz CT molecular complexity index is 1350. The Labute approximate surface area is 195 Å². The lowest BCUT2D eigenvalue weighted by Gasteiger charge is -2.25. The molecule has 168 valence electrons. The number of carbonyl (C=O) groups excluding carboxylic acids is 1. The van der Waals surface area contributed by atoms with Gasteiger partial charge >= 0.3 is 0 Å². The number of hydrogen-bond donors (Lipinski definition) is 0. The van der Waals surface area contributed by atoms with E-state index in [4.69, 9.17) is 0 Å². The molecule has 0 fully saturated rings. The van der Waals surface area contributed by atoms with Crippen LogP contribution in [-0.4, -0.2) is 38.1 Å². The molecule has 0 bridgehead atoms. The van der Waals surface area contributed by atoms with Gasteiger partial charge in [0.2, 0.25) is 5.91 Å². The molecule has 2 aromatic carbocycles. The highest BCUT2D eigenvalue weighted by Crippen LogP contribution is 2.24. The Balaban J connectivity index is 1.63. The van der Waals surface area contributed by atoms with Crippen molar-refractivity contribution in [1.82, 2.24) is 19.4 Å². The summed E-state index contributed by atoms with van der Waals surface area (Å²) in [5.74, 6) is 0.0774. The second-order valence-electron chi connectivity index (χ2n) is 7.77. The number of carbonyl (C=O) groups is 1. The first-order valence-corrected chi connectivity index (χ1v) is 11.4. The number of nitrogens with zero attached hydrogens (tertiary/aromatic N) is 4. The molecule has 1 atom stereocenters. The summed E-state index contributed by atoms with van der Waals surface area (Å²) in [6.45, 7) is 3.81. The van der Waals surface area contributed by atoms with Crippen molar-refractivity contribution in [2.75, 3.05) is 12.8 Å². The van der Waals surface area contributed by atoms with Crippen LogP contribution in [0.15, 0.2) is 76.8 Å². The van der Waals surface area contributed by atoms with Gasteiger partial charge in [0.25, 0.3) is 5.56 Å². The van der Waals surface area contributed by atoms with E-state index in [1.807, 2.05) is 26.0 Å². The molecule has 1 amide bonds. The summed E-state index contributed by atoms with van der Waals surface area (Å²) in [5.41, 5.74) is 2.14. The van der Waals surface area contributed by atoms with Gasteiger partial charge in [-0.25, -0.2) is 18.9 Å². The fourth-order valence-corrected chi connectivity index (χ4v) is 4.34. The van der Waals surface area contributed by atoms with E-state index in [1.54, 1.807) is 54.5 Å². The van der Waals surface area contributed by atoms with Crippen LogP contribution in [0.3, 0.4) is 0 Å². The van der Waals surface area contributed by atoms with Crippen molar-refractivity contribution >= 4 is 28.6 Å². The lowest BCUT2D eigenvalue weighted by atomic mass is 10.1. The highest BCUT2D eigenvalue weighted by Gasteiger charge is 2.20. The largest absolute Gasteiger partial charge is 0.338 e. The number of fused-ring (bicyclic) bond motifs is 1. The number of thioether (sulfide) groups is 1. The fraction of sp³-hybridized carbons (Fsp3) is 0.200. The number of rotatable bonds is 6. The summed E-state index contributed by atoms with van der Waals surface area (Å²) in [6, 6.07) is 16.6. The Morgan fingerprint density at radius 3 is 2.55 bits per heavy atom. The number of benzene rings is 2. The molecule has 8 heteroatoms. The van der Waals surface area contributed by atoms with Crippen LogP contribution in [0.25, 0.3) is 16.7 Å². The van der Waals surface area contributed by atoms with Crippen LogP contribution in [0.5, 0.6) is 0 Å². The molecule has 0 aliphatic heterocycles. The van der Waals surface area contributed by atoms with Crippen molar-refractivity contribution in [3.63, 3.8) is 0 Å². The maximum absolute atomic E-state index is 13.3. The highest BCUT2D eigenvalue weighted by atomic mass is 32.2. The molecule has 0 saturated heterocycles. The van der Waals surface area contributed by atoms with Crippen molar-refractivity contribution in [1.29, 1.82) is 0 Å². The summed E-state index contributed by atoms with van der Waals surface area (Å²) >= 11 is 1.19. The average Bonchev–Trinajstić information content (AvgIpc) is 2.83. The Morgan fingerprint density at radius 1 is 1.12 bits per heavy atom. The van der Waals surface area contributed by atoms with Crippen LogP contribution in [0.2, 0.25) is 0 Å². The van der Waals surface area contributed by atoms with Gasteiger partial charge < -0.3 is 4.90 Å². The first-order valence-electron chi connectivity index (χ1n) is 10.4. The molecule has 0 spiro atoms. The van der Waals surface area contributed by atoms with E-state index in [0.29, 0.717) is 21.9 Å². The van der Waals surface area contributed by atoms with Crippen molar-refractivity contribution in [3.8, 4) is 5.82 Å². The summed E-state index contributed by atoms with van der Waals surface area (Å²) < 4.78 is 14.7. The van der Waals surface area contributed by atoms with E-state index in [1.165, 1.54) is 28.5 Å². The van der Waals surface area contributed by atoms with Crippen LogP contribution < -0.4 is 5.56 Å². The molecule has 0 radical (unpaired) electrons. The van der Waals surface area contributed by atoms with E-state index in [-0.39, 0.29) is 29.1 Å². The number of aromatic nitrogens is 3. The third-order valence-electron chi connectivity index (χ3n) is 5.52. The Hall–Kier alpha value is -3.52. The van der Waals surface area contributed by atoms with Gasteiger partial charge in [0.15, 0.2) is 5.16 Å². The highest BCUT2D eigenvalue weighted by molar-refractivity contribution is 7.99. The van der Waals surface area contributed by atoms with Crippen molar-refractivity contribution in [2.24, 2.45) is 0 Å². The van der Waals surface area contributed by atoms with Crippen molar-refractivity contribution < 1.29 is 9.18 Å². The predicted molar refractivity (Wildman–Crippen MR) is 128 cm³/mol. The summed E-state index contributed by atoms with van der Waals surface area (Å²) in [5, 5.41) is 0.879. The molecule has 0 saturated carbocycles. The van der Waals surface area contributed by atoms with Gasteiger partial charge in [-0.2, -0.15) is 0 Å². The number of amides is 1. The molecule has 33 heavy (non-hydrogen) atoms. The van der Waals surface area contributed by atoms with E-state index in [0.717, 1.165) is 11.1 Å². The van der Waals surface area contributed by atoms with Crippen molar-refractivity contribution in [3.05, 3.63) is 94.2 Å². The third-order valence-corrected chi connectivity index (χ3v) is 6.44. The van der Waals surface area contributed by atoms with Gasteiger partial charge in [-0.05, 0) is 55.3 Å². The zero-order valence-electron chi connectivity index (χ0n) is 18.5. The molecule has 4 rings (SSSR count). The molecule has 6 nitrogen and oxygen atoms in total. The van der Waals surface area contributed by atoms with Crippen LogP contribution in [0, 0.1) is 12.7 Å². The van der Waals surface area contributed by atoms with Crippen LogP contribution in [0.4, 0.5) is 4.39 Å². The molecule has 0 aliphatic carbocycles. The summed E-state index contributed by atoms with van der Waals surface area (Å²) in [4.78, 5) is 36.9. The van der Waals surface area contributed by atoms with Gasteiger partial charge in [-0.15, -0.1) is 0 Å². The molecule has 0 N–H and O–H groups in total. The number of para-hydroxylation sites is 1. The van der Waals surface area contributed by atoms with Gasteiger partial charge in [0.1, 0.15) is 11.6 Å². The predicted octanol–water partition coefficient (Wildman–Crippen LogP) is 4.54. The number of hydrogen-bond acceptors (Lipinski definition) is 5. The molecule has 2 aromatic heterocycles. The van der Waals surface area contributed by atoms with Gasteiger partial charge in [-0.3, -0.25) is 9.59 Å². The van der Waals surface area contributed by atoms with Gasteiger partial charge in [0.05, 0.1) is 22.7 Å². The average molecular weight is 463 g/mol. The number of halogens is 1. The smallest absolute Gasteiger partial charge is 0.267 e. The van der Waals surface area contributed by atoms with Gasteiger partial charge in [0, 0.05) is 13.2 Å². The quantitative estimate of drug-likeness (QED) is 0.311. The number of pyridine rings is 1. The normalized spacial score (nSPS) is 12.0. The molecule has 0 aliphatic rings. The van der Waals surface area contributed by atoms with Crippen LogP contribution >= 0.6 is 11.8 Å². The molecule has 4 aromatic rings. The fourth-order valence-electron chi connectivity index (χ4n) is 3.41. The zero-order chi connectivity index (χ0) is 23.5. The summed E-state index contributed by atoms with van der Waals surface area (Å²) in [7, 11) is 1.71. The molecule has 2 heterocycles. The topological polar surface area (TPSA) is 68.1 Å². The molecular weight excluding hydrogens is 439 g/mol. The van der Waals surface area contributed by atoms with Crippen molar-refractivity contribution in [2.45, 2.75) is 25.0 Å². The lowest BCUT2D eigenvalue weighted by molar-refractivity contribution is -0.128. The minimum Gasteiger partial charge on any atom is -0.338 e. The Kier molecular flexibility index (Phi) is 6.55. The minimum atomic E-state index is -0.319. The zero-order valence-corrected chi connectivity index (χ0v) is 19.3. The third kappa shape index (κ3) is 4.80. The monoisotopic (exact) mass is 462 g/mol. The van der Waals surface area contributed by atoms with E-state index < -0.39 is 0 Å². The number of aryl methyl sites for hydroxylation is 1.